The van der Waals surface area contributed by atoms with Crippen molar-refractivity contribution in [1.82, 2.24) is 15.3 Å². The fraction of sp³-hybridized carbons (Fsp3) is 0.409. The van der Waals surface area contributed by atoms with Crippen LogP contribution < -0.4 is 10.2 Å². The number of carbonyl (C=O) groups excluding carboxylic acids is 1. The molecule has 1 amide bonds. The van der Waals surface area contributed by atoms with Gasteiger partial charge in [0.25, 0.3) is 5.91 Å². The molecule has 3 aromatic rings. The van der Waals surface area contributed by atoms with Crippen LogP contribution in [0.1, 0.15) is 33.9 Å². The number of nitrogens with one attached hydrogen (secondary N) is 1. The monoisotopic (exact) mass is 394 g/mol. The lowest BCUT2D eigenvalue weighted by Crippen LogP contribution is -2.37. The van der Waals surface area contributed by atoms with Crippen LogP contribution in [-0.4, -0.2) is 48.7 Å². The summed E-state index contributed by atoms with van der Waals surface area (Å²) in [6, 6.07) is 10.3. The highest BCUT2D eigenvalue weighted by Gasteiger charge is 2.26. The summed E-state index contributed by atoms with van der Waals surface area (Å²) in [5.74, 6) is 1.80. The third-order valence-corrected chi connectivity index (χ3v) is 5.13. The van der Waals surface area contributed by atoms with Gasteiger partial charge < -0.3 is 19.4 Å². The average Bonchev–Trinajstić information content (AvgIpc) is 3.07. The molecule has 1 aliphatic rings. The van der Waals surface area contributed by atoms with E-state index < -0.39 is 0 Å². The maximum Gasteiger partial charge on any atom is 0.255 e. The summed E-state index contributed by atoms with van der Waals surface area (Å²) in [4.78, 5) is 24.2. The van der Waals surface area contributed by atoms with E-state index >= 15 is 0 Å². The van der Waals surface area contributed by atoms with Crippen molar-refractivity contribution < 1.29 is 13.9 Å². The van der Waals surface area contributed by atoms with Gasteiger partial charge in [0.05, 0.1) is 24.2 Å². The van der Waals surface area contributed by atoms with Crippen LogP contribution in [-0.2, 0) is 11.2 Å². The molecule has 0 unspecified atom stereocenters. The van der Waals surface area contributed by atoms with Crippen molar-refractivity contribution in [3.63, 3.8) is 0 Å². The summed E-state index contributed by atoms with van der Waals surface area (Å²) in [5, 5.41) is 3.73. The van der Waals surface area contributed by atoms with Crippen LogP contribution in [0.2, 0.25) is 0 Å². The fourth-order valence-electron chi connectivity index (χ4n) is 3.70. The third-order valence-electron chi connectivity index (χ3n) is 5.13. The number of benzene rings is 1. The van der Waals surface area contributed by atoms with Gasteiger partial charge in [0.1, 0.15) is 17.4 Å². The van der Waals surface area contributed by atoms with Gasteiger partial charge in [0, 0.05) is 19.6 Å². The third kappa shape index (κ3) is 4.24. The van der Waals surface area contributed by atoms with Crippen LogP contribution in [0.4, 0.5) is 5.82 Å². The number of furan rings is 1. The van der Waals surface area contributed by atoms with E-state index in [-0.39, 0.29) is 5.91 Å². The lowest BCUT2D eigenvalue weighted by molar-refractivity contribution is 0.0953. The second kappa shape index (κ2) is 8.61. The molecule has 1 saturated heterocycles. The molecule has 7 nitrogen and oxygen atoms in total. The van der Waals surface area contributed by atoms with E-state index in [1.165, 1.54) is 5.56 Å². The second-order valence-corrected chi connectivity index (χ2v) is 7.25. The Morgan fingerprint density at radius 1 is 1.14 bits per heavy atom. The molecule has 0 spiro atoms. The zero-order valence-corrected chi connectivity index (χ0v) is 16.9. The topological polar surface area (TPSA) is 80.5 Å². The molecule has 1 aliphatic heterocycles. The molecule has 1 N–H and O–H groups in total. The maximum atomic E-state index is 13.0. The Hall–Kier alpha value is -2.93. The van der Waals surface area contributed by atoms with Gasteiger partial charge in [-0.1, -0.05) is 30.3 Å². The standard InChI is InChI=1S/C22H26N4O3/c1-15-18(21(27)23-10-6-9-17-7-4-3-5-8-17)19-20(26-11-13-28-14-12-26)24-16(2)25-22(19)29-15/h3-5,7-8H,6,9-14H2,1-2H3,(H,23,27). The van der Waals surface area contributed by atoms with Gasteiger partial charge in [0.2, 0.25) is 5.71 Å². The Kier molecular flexibility index (Phi) is 5.76. The summed E-state index contributed by atoms with van der Waals surface area (Å²) >= 11 is 0. The number of nitrogens with zero attached hydrogens (tertiary/aromatic N) is 3. The van der Waals surface area contributed by atoms with E-state index in [9.17, 15) is 4.79 Å². The molecule has 0 radical (unpaired) electrons. The zero-order valence-electron chi connectivity index (χ0n) is 16.9. The van der Waals surface area contributed by atoms with Crippen molar-refractivity contribution >= 4 is 22.8 Å². The Bertz CT molecular complexity index is 994. The number of aromatic nitrogens is 2. The SMILES string of the molecule is Cc1nc(N2CCOCC2)c2c(C(=O)NCCCc3ccccc3)c(C)oc2n1. The fourth-order valence-corrected chi connectivity index (χ4v) is 3.70. The lowest BCUT2D eigenvalue weighted by atomic mass is 10.1. The average molecular weight is 394 g/mol. The van der Waals surface area contributed by atoms with E-state index in [1.54, 1.807) is 6.92 Å². The highest BCUT2D eigenvalue weighted by Crippen LogP contribution is 2.32. The van der Waals surface area contributed by atoms with E-state index in [2.05, 4.69) is 32.3 Å². The molecule has 152 valence electrons. The number of rotatable bonds is 6. The molecule has 3 heterocycles. The van der Waals surface area contributed by atoms with Crippen LogP contribution >= 0.6 is 0 Å². The van der Waals surface area contributed by atoms with Crippen LogP contribution in [0.15, 0.2) is 34.7 Å². The van der Waals surface area contributed by atoms with Crippen LogP contribution in [0.5, 0.6) is 0 Å². The minimum absolute atomic E-state index is 0.142. The highest BCUT2D eigenvalue weighted by molar-refractivity contribution is 6.10. The van der Waals surface area contributed by atoms with Gasteiger partial charge in [-0.2, -0.15) is 4.98 Å². The van der Waals surface area contributed by atoms with E-state index in [0.717, 1.165) is 31.7 Å². The first kappa shape index (κ1) is 19.4. The van der Waals surface area contributed by atoms with Crippen molar-refractivity contribution in [3.05, 3.63) is 53.0 Å². The molecule has 2 aromatic heterocycles. The Morgan fingerprint density at radius 2 is 1.90 bits per heavy atom. The summed E-state index contributed by atoms with van der Waals surface area (Å²) < 4.78 is 11.3. The first-order valence-corrected chi connectivity index (χ1v) is 10.1. The van der Waals surface area contributed by atoms with E-state index in [1.807, 2.05) is 25.1 Å². The molecule has 4 rings (SSSR count). The van der Waals surface area contributed by atoms with Crippen molar-refractivity contribution in [2.24, 2.45) is 0 Å². The Balaban J connectivity index is 1.54. The summed E-state index contributed by atoms with van der Waals surface area (Å²) in [5.41, 5.74) is 2.26. The van der Waals surface area contributed by atoms with Gasteiger partial charge in [-0.05, 0) is 32.3 Å². The maximum absolute atomic E-state index is 13.0. The second-order valence-electron chi connectivity index (χ2n) is 7.25. The molecule has 0 atom stereocenters. The molecule has 1 fully saturated rings. The molecule has 7 heteroatoms. The van der Waals surface area contributed by atoms with Crippen LogP contribution in [0, 0.1) is 13.8 Å². The van der Waals surface area contributed by atoms with Crippen LogP contribution in [0.3, 0.4) is 0 Å². The molecule has 0 bridgehead atoms. The van der Waals surface area contributed by atoms with Crippen molar-refractivity contribution in [3.8, 4) is 0 Å². The molecule has 1 aromatic carbocycles. The van der Waals surface area contributed by atoms with Gasteiger partial charge >= 0.3 is 0 Å². The Labute approximate surface area is 170 Å². The number of aryl methyl sites for hydroxylation is 3. The predicted octanol–water partition coefficient (Wildman–Crippen LogP) is 3.04. The van der Waals surface area contributed by atoms with Gasteiger partial charge in [-0.25, -0.2) is 4.98 Å². The Morgan fingerprint density at radius 3 is 2.66 bits per heavy atom. The van der Waals surface area contributed by atoms with Crippen molar-refractivity contribution in [2.75, 3.05) is 37.7 Å². The molecular formula is C22H26N4O3. The first-order valence-electron chi connectivity index (χ1n) is 10.1. The highest BCUT2D eigenvalue weighted by atomic mass is 16.5. The summed E-state index contributed by atoms with van der Waals surface area (Å²) in [6.45, 7) is 6.98. The number of anilines is 1. The lowest BCUT2D eigenvalue weighted by Gasteiger charge is -2.28. The molecule has 0 aliphatic carbocycles. The summed E-state index contributed by atoms with van der Waals surface area (Å²) in [6.07, 6.45) is 1.80. The minimum Gasteiger partial charge on any atom is -0.442 e. The van der Waals surface area contributed by atoms with Gasteiger partial charge in [-0.3, -0.25) is 4.79 Å². The number of carbonyl (C=O) groups is 1. The minimum atomic E-state index is -0.142. The van der Waals surface area contributed by atoms with Crippen molar-refractivity contribution in [2.45, 2.75) is 26.7 Å². The van der Waals surface area contributed by atoms with Crippen molar-refractivity contribution in [1.29, 1.82) is 0 Å². The molecule has 0 saturated carbocycles. The summed E-state index contributed by atoms with van der Waals surface area (Å²) in [7, 11) is 0. The van der Waals surface area contributed by atoms with Gasteiger partial charge in [0.15, 0.2) is 0 Å². The number of amides is 1. The number of hydrogen-bond acceptors (Lipinski definition) is 6. The molecular weight excluding hydrogens is 368 g/mol. The van der Waals surface area contributed by atoms with Gasteiger partial charge in [-0.15, -0.1) is 0 Å². The number of fused-ring (bicyclic) bond motifs is 1. The van der Waals surface area contributed by atoms with Crippen LogP contribution in [0.25, 0.3) is 11.1 Å². The molecule has 29 heavy (non-hydrogen) atoms. The van der Waals surface area contributed by atoms with E-state index in [4.69, 9.17) is 9.15 Å². The number of morpholine rings is 1. The smallest absolute Gasteiger partial charge is 0.255 e. The normalized spacial score (nSPS) is 14.3. The number of ether oxygens (including phenoxy) is 1. The quantitative estimate of drug-likeness (QED) is 0.648. The van der Waals surface area contributed by atoms with E-state index in [0.29, 0.717) is 48.0 Å². The first-order chi connectivity index (χ1) is 14.1. The number of hydrogen-bond donors (Lipinski definition) is 1. The zero-order chi connectivity index (χ0) is 20.2. The largest absolute Gasteiger partial charge is 0.442 e. The predicted molar refractivity (Wildman–Crippen MR) is 111 cm³/mol.